The highest BCUT2D eigenvalue weighted by atomic mass is 32.2. The van der Waals surface area contributed by atoms with Crippen LogP contribution in [0.1, 0.15) is 36.7 Å². The van der Waals surface area contributed by atoms with E-state index >= 15 is 0 Å². The summed E-state index contributed by atoms with van der Waals surface area (Å²) in [5.74, 6) is -0.385. The fourth-order valence-corrected chi connectivity index (χ4v) is 5.01. The van der Waals surface area contributed by atoms with E-state index in [1.54, 1.807) is 13.8 Å². The van der Waals surface area contributed by atoms with E-state index in [-0.39, 0.29) is 10.8 Å². The lowest BCUT2D eigenvalue weighted by atomic mass is 10.1. The van der Waals surface area contributed by atoms with Crippen LogP contribution in [0.4, 0.5) is 0 Å². The number of carbonyl (C=O) groups is 1. The van der Waals surface area contributed by atoms with Crippen molar-refractivity contribution in [3.63, 3.8) is 0 Å². The van der Waals surface area contributed by atoms with Gasteiger partial charge in [0.1, 0.15) is 0 Å². The van der Waals surface area contributed by atoms with Gasteiger partial charge >= 0.3 is 0 Å². The average Bonchev–Trinajstić information content (AvgIpc) is 2.97. The van der Waals surface area contributed by atoms with Gasteiger partial charge in [0.2, 0.25) is 0 Å². The molecule has 1 aromatic heterocycles. The number of aromatic nitrogens is 1. The Morgan fingerprint density at radius 1 is 1.15 bits per heavy atom. The number of benzene rings is 2. The SMILES string of the molecule is CCc1cccc2sc(=NC(=O)c3ccc(S(=O)(=O)C(C)C)cc3)n(C)c12. The van der Waals surface area contributed by atoms with E-state index in [1.807, 2.05) is 23.7 Å². The number of hydrogen-bond acceptors (Lipinski definition) is 4. The van der Waals surface area contributed by atoms with Crippen molar-refractivity contribution in [1.29, 1.82) is 0 Å². The molecule has 2 aromatic carbocycles. The molecule has 0 aliphatic rings. The summed E-state index contributed by atoms with van der Waals surface area (Å²) in [7, 11) is -1.45. The largest absolute Gasteiger partial charge is 0.319 e. The molecule has 5 nitrogen and oxygen atoms in total. The molecule has 0 N–H and O–H groups in total. The van der Waals surface area contributed by atoms with Crippen molar-refractivity contribution in [2.75, 3.05) is 0 Å². The lowest BCUT2D eigenvalue weighted by molar-refractivity contribution is 0.0998. The predicted molar refractivity (Wildman–Crippen MR) is 109 cm³/mol. The van der Waals surface area contributed by atoms with Crippen molar-refractivity contribution >= 4 is 37.3 Å². The van der Waals surface area contributed by atoms with E-state index in [9.17, 15) is 13.2 Å². The van der Waals surface area contributed by atoms with Crippen LogP contribution in [-0.2, 0) is 23.3 Å². The van der Waals surface area contributed by atoms with Crippen molar-refractivity contribution in [2.45, 2.75) is 37.3 Å². The summed E-state index contributed by atoms with van der Waals surface area (Å²) < 4.78 is 27.4. The maximum Gasteiger partial charge on any atom is 0.279 e. The number of nitrogens with zero attached hydrogens (tertiary/aromatic N) is 2. The third-order valence-electron chi connectivity index (χ3n) is 4.53. The van der Waals surface area contributed by atoms with Gasteiger partial charge in [-0.25, -0.2) is 8.42 Å². The Bertz CT molecular complexity index is 1170. The van der Waals surface area contributed by atoms with E-state index in [4.69, 9.17) is 0 Å². The number of amides is 1. The zero-order chi connectivity index (χ0) is 19.8. The summed E-state index contributed by atoms with van der Waals surface area (Å²) in [4.78, 5) is 17.7. The lowest BCUT2D eigenvalue weighted by Gasteiger charge is -2.07. The Morgan fingerprint density at radius 2 is 1.81 bits per heavy atom. The summed E-state index contributed by atoms with van der Waals surface area (Å²) in [5.41, 5.74) is 2.67. The number of fused-ring (bicyclic) bond motifs is 1. The van der Waals surface area contributed by atoms with Crippen LogP contribution in [0.5, 0.6) is 0 Å². The first-order valence-electron chi connectivity index (χ1n) is 8.76. The first-order chi connectivity index (χ1) is 12.8. The van der Waals surface area contributed by atoms with Gasteiger partial charge in [-0.2, -0.15) is 4.99 Å². The summed E-state index contributed by atoms with van der Waals surface area (Å²) >= 11 is 1.47. The normalized spacial score (nSPS) is 12.9. The zero-order valence-corrected chi connectivity index (χ0v) is 17.4. The Labute approximate surface area is 162 Å². The van der Waals surface area contributed by atoms with Crippen LogP contribution >= 0.6 is 11.3 Å². The molecule has 0 spiro atoms. The molecular weight excluding hydrogens is 380 g/mol. The molecule has 0 aliphatic carbocycles. The van der Waals surface area contributed by atoms with Gasteiger partial charge in [-0.15, -0.1) is 0 Å². The zero-order valence-electron chi connectivity index (χ0n) is 15.8. The van der Waals surface area contributed by atoms with E-state index in [1.165, 1.54) is 41.2 Å². The molecule has 0 bridgehead atoms. The second-order valence-electron chi connectivity index (χ2n) is 6.60. The molecule has 0 radical (unpaired) electrons. The number of sulfone groups is 1. The molecule has 142 valence electrons. The van der Waals surface area contributed by atoms with Crippen molar-refractivity contribution in [2.24, 2.45) is 12.0 Å². The number of thiazole rings is 1. The van der Waals surface area contributed by atoms with Crippen LogP contribution in [0.25, 0.3) is 10.2 Å². The Kier molecular flexibility index (Phi) is 5.35. The van der Waals surface area contributed by atoms with E-state index in [0.29, 0.717) is 10.4 Å². The molecule has 3 aromatic rings. The van der Waals surface area contributed by atoms with Gasteiger partial charge < -0.3 is 4.57 Å². The average molecular weight is 403 g/mol. The molecule has 0 atom stereocenters. The second kappa shape index (κ2) is 7.40. The molecule has 0 fully saturated rings. The lowest BCUT2D eigenvalue weighted by Crippen LogP contribution is -2.15. The quantitative estimate of drug-likeness (QED) is 0.668. The second-order valence-corrected chi connectivity index (χ2v) is 10.1. The van der Waals surface area contributed by atoms with Gasteiger partial charge in [0.05, 0.1) is 20.4 Å². The highest BCUT2D eigenvalue weighted by Crippen LogP contribution is 2.21. The number of aryl methyl sites for hydroxylation is 2. The van der Waals surface area contributed by atoms with Gasteiger partial charge in [0, 0.05) is 12.6 Å². The number of carbonyl (C=O) groups excluding carboxylic acids is 1. The monoisotopic (exact) mass is 402 g/mol. The molecule has 1 amide bonds. The van der Waals surface area contributed by atoms with Crippen molar-refractivity contribution in [3.05, 3.63) is 58.4 Å². The minimum atomic E-state index is -3.35. The van der Waals surface area contributed by atoms with Crippen molar-refractivity contribution < 1.29 is 13.2 Å². The third-order valence-corrected chi connectivity index (χ3v) is 7.80. The van der Waals surface area contributed by atoms with Crippen LogP contribution < -0.4 is 4.80 Å². The summed E-state index contributed by atoms with van der Waals surface area (Å²) in [6.07, 6.45) is 0.904. The highest BCUT2D eigenvalue weighted by Gasteiger charge is 2.19. The molecule has 7 heteroatoms. The number of para-hydroxylation sites is 1. The fraction of sp³-hybridized carbons (Fsp3) is 0.300. The molecule has 1 heterocycles. The first-order valence-corrected chi connectivity index (χ1v) is 11.1. The highest BCUT2D eigenvalue weighted by molar-refractivity contribution is 7.92. The molecule has 0 unspecified atom stereocenters. The molecular formula is C20H22N2O3S2. The summed E-state index contributed by atoms with van der Waals surface area (Å²) in [6.45, 7) is 5.37. The van der Waals surface area contributed by atoms with Crippen LogP contribution in [0.2, 0.25) is 0 Å². The van der Waals surface area contributed by atoms with Gasteiger partial charge in [0.15, 0.2) is 14.6 Å². The summed E-state index contributed by atoms with van der Waals surface area (Å²) in [6, 6.07) is 12.1. The van der Waals surface area contributed by atoms with Gasteiger partial charge in [-0.05, 0) is 56.2 Å². The Hall–Kier alpha value is -2.25. The number of hydrogen-bond donors (Lipinski definition) is 0. The van der Waals surface area contributed by atoms with Crippen molar-refractivity contribution in [3.8, 4) is 0 Å². The molecule has 0 saturated heterocycles. The first kappa shape index (κ1) is 19.5. The molecule has 0 aliphatic heterocycles. The van der Waals surface area contributed by atoms with Crippen LogP contribution in [-0.4, -0.2) is 24.1 Å². The van der Waals surface area contributed by atoms with Gasteiger partial charge in [-0.1, -0.05) is 30.4 Å². The van der Waals surface area contributed by atoms with Crippen LogP contribution in [0, 0.1) is 0 Å². The molecule has 0 saturated carbocycles. The van der Waals surface area contributed by atoms with E-state index in [0.717, 1.165) is 16.6 Å². The third kappa shape index (κ3) is 3.61. The maximum atomic E-state index is 12.6. The van der Waals surface area contributed by atoms with Crippen LogP contribution in [0.15, 0.2) is 52.4 Å². The molecule has 3 rings (SSSR count). The fourth-order valence-electron chi connectivity index (χ4n) is 2.89. The Morgan fingerprint density at radius 3 is 2.41 bits per heavy atom. The number of rotatable bonds is 4. The summed E-state index contributed by atoms with van der Waals surface area (Å²) in [5, 5.41) is -0.505. The van der Waals surface area contributed by atoms with E-state index in [2.05, 4.69) is 18.0 Å². The Balaban J connectivity index is 2.00. The molecule has 27 heavy (non-hydrogen) atoms. The van der Waals surface area contributed by atoms with E-state index < -0.39 is 15.1 Å². The minimum absolute atomic E-state index is 0.217. The maximum absolute atomic E-state index is 12.6. The standard InChI is InChI=1S/C20H22N2O3S2/c1-5-14-7-6-8-17-18(14)22(4)20(26-17)21-19(23)15-9-11-16(12-10-15)27(24,25)13(2)3/h6-13H,5H2,1-4H3. The van der Waals surface area contributed by atoms with Gasteiger partial charge in [0.25, 0.3) is 5.91 Å². The van der Waals surface area contributed by atoms with Crippen LogP contribution in [0.3, 0.4) is 0 Å². The minimum Gasteiger partial charge on any atom is -0.319 e. The van der Waals surface area contributed by atoms with Gasteiger partial charge in [-0.3, -0.25) is 4.79 Å². The predicted octanol–water partition coefficient (Wildman–Crippen LogP) is 3.73. The van der Waals surface area contributed by atoms with Crippen molar-refractivity contribution in [1.82, 2.24) is 4.57 Å². The smallest absolute Gasteiger partial charge is 0.279 e. The topological polar surface area (TPSA) is 68.5 Å².